The fourth-order valence-electron chi connectivity index (χ4n) is 3.03. The molecule has 1 heterocycles. The molecule has 0 radical (unpaired) electrons. The first-order valence-corrected chi connectivity index (χ1v) is 10.9. The van der Waals surface area contributed by atoms with E-state index in [0.717, 1.165) is 23.6 Å². The number of hydrogen-bond donors (Lipinski definition) is 0. The van der Waals surface area contributed by atoms with E-state index < -0.39 is 16.0 Å². The number of rotatable bonds is 9. The minimum absolute atomic E-state index is 0.0131. The summed E-state index contributed by atoms with van der Waals surface area (Å²) in [4.78, 5) is 15.9. The van der Waals surface area contributed by atoms with Crippen LogP contribution in [-0.4, -0.2) is 37.3 Å². The van der Waals surface area contributed by atoms with E-state index in [4.69, 9.17) is 4.42 Å². The summed E-state index contributed by atoms with van der Waals surface area (Å²) in [6, 6.07) is 12.7. The summed E-state index contributed by atoms with van der Waals surface area (Å²) in [7, 11) is -2.52. The molecular formula is C21H24N2O5S. The van der Waals surface area contributed by atoms with E-state index in [9.17, 15) is 13.2 Å². The van der Waals surface area contributed by atoms with E-state index in [-0.39, 0.29) is 23.0 Å². The van der Waals surface area contributed by atoms with E-state index in [2.05, 4.69) is 16.6 Å². The number of ether oxygens (including phenoxy) is 1. The van der Waals surface area contributed by atoms with Gasteiger partial charge in [0.1, 0.15) is 6.26 Å². The van der Waals surface area contributed by atoms with Gasteiger partial charge < -0.3 is 9.15 Å². The van der Waals surface area contributed by atoms with Crippen molar-refractivity contribution in [2.75, 3.05) is 13.7 Å². The number of benzene rings is 2. The van der Waals surface area contributed by atoms with E-state index in [1.807, 2.05) is 24.3 Å². The second kappa shape index (κ2) is 9.19. The molecule has 2 aromatic carbocycles. The molecule has 1 aromatic heterocycles. The number of sulfonamides is 1. The first-order valence-electron chi connectivity index (χ1n) is 9.47. The Hall–Kier alpha value is -2.71. The first kappa shape index (κ1) is 21.0. The molecule has 0 atom stereocenters. The average molecular weight is 416 g/mol. The van der Waals surface area contributed by atoms with E-state index in [0.29, 0.717) is 13.0 Å². The Morgan fingerprint density at radius 3 is 2.62 bits per heavy atom. The fraction of sp³-hybridized carbons (Fsp3) is 0.333. The van der Waals surface area contributed by atoms with Crippen molar-refractivity contribution in [3.05, 3.63) is 60.3 Å². The standard InChI is InChI=1S/C21H24N2O5S/c1-3-4-7-12-23(14-20-22-19(15-28-20)21(24)27-2)29(25,26)18-11-10-16-8-5-6-9-17(16)13-18/h5-6,8-11,13,15H,3-4,7,12,14H2,1-2H3. The topological polar surface area (TPSA) is 89.7 Å². The summed E-state index contributed by atoms with van der Waals surface area (Å²) < 4.78 is 37.9. The largest absolute Gasteiger partial charge is 0.464 e. The highest BCUT2D eigenvalue weighted by Crippen LogP contribution is 2.24. The predicted octanol–water partition coefficient (Wildman–Crippen LogP) is 4.00. The van der Waals surface area contributed by atoms with Crippen LogP contribution in [0.2, 0.25) is 0 Å². The van der Waals surface area contributed by atoms with Crippen LogP contribution in [0, 0.1) is 0 Å². The summed E-state index contributed by atoms with van der Waals surface area (Å²) in [5, 5.41) is 1.82. The molecule has 3 aromatic rings. The third-order valence-electron chi connectivity index (χ3n) is 4.63. The maximum atomic E-state index is 13.3. The zero-order valence-corrected chi connectivity index (χ0v) is 17.3. The van der Waals surface area contributed by atoms with Gasteiger partial charge in [-0.05, 0) is 29.3 Å². The van der Waals surface area contributed by atoms with E-state index in [1.165, 1.54) is 17.7 Å². The van der Waals surface area contributed by atoms with Crippen molar-refractivity contribution in [3.8, 4) is 0 Å². The minimum atomic E-state index is -3.77. The molecular weight excluding hydrogens is 392 g/mol. The van der Waals surface area contributed by atoms with Gasteiger partial charge in [0.05, 0.1) is 18.6 Å². The van der Waals surface area contributed by atoms with Gasteiger partial charge in [0.2, 0.25) is 15.9 Å². The lowest BCUT2D eigenvalue weighted by atomic mass is 10.1. The van der Waals surface area contributed by atoms with Crippen LogP contribution >= 0.6 is 0 Å². The number of oxazole rings is 1. The minimum Gasteiger partial charge on any atom is -0.464 e. The molecule has 0 saturated carbocycles. The van der Waals surface area contributed by atoms with Crippen LogP contribution in [0.25, 0.3) is 10.8 Å². The zero-order chi connectivity index (χ0) is 20.9. The molecule has 0 aliphatic heterocycles. The van der Waals surface area contributed by atoms with Crippen LogP contribution in [0.1, 0.15) is 42.6 Å². The van der Waals surface area contributed by atoms with Crippen LogP contribution in [0.4, 0.5) is 0 Å². The Kier molecular flexibility index (Phi) is 6.66. The quantitative estimate of drug-likeness (QED) is 0.387. The number of carbonyl (C=O) groups is 1. The Morgan fingerprint density at radius 2 is 1.90 bits per heavy atom. The summed E-state index contributed by atoms with van der Waals surface area (Å²) in [5.41, 5.74) is 0.0131. The summed E-state index contributed by atoms with van der Waals surface area (Å²) >= 11 is 0. The number of unbranched alkanes of at least 4 members (excludes halogenated alkanes) is 2. The van der Waals surface area contributed by atoms with Crippen LogP contribution in [0.15, 0.2) is 58.0 Å². The smallest absolute Gasteiger partial charge is 0.360 e. The maximum Gasteiger partial charge on any atom is 0.360 e. The highest BCUT2D eigenvalue weighted by molar-refractivity contribution is 7.89. The molecule has 0 aliphatic rings. The van der Waals surface area contributed by atoms with Crippen molar-refractivity contribution in [1.82, 2.24) is 9.29 Å². The third kappa shape index (κ3) is 4.83. The van der Waals surface area contributed by atoms with Crippen molar-refractivity contribution >= 4 is 26.8 Å². The summed E-state index contributed by atoms with van der Waals surface area (Å²) in [6.07, 6.45) is 3.76. The molecule has 0 amide bonds. The summed E-state index contributed by atoms with van der Waals surface area (Å²) in [5.74, 6) is -0.485. The molecule has 0 N–H and O–H groups in total. The van der Waals surface area contributed by atoms with Gasteiger partial charge in [0.25, 0.3) is 0 Å². The SMILES string of the molecule is CCCCCN(Cc1nc(C(=O)OC)co1)S(=O)(=O)c1ccc2ccccc2c1. The number of nitrogens with zero attached hydrogens (tertiary/aromatic N) is 2. The number of hydrogen-bond acceptors (Lipinski definition) is 6. The van der Waals surface area contributed by atoms with Gasteiger partial charge in [0, 0.05) is 6.54 Å². The predicted molar refractivity (Wildman–Crippen MR) is 109 cm³/mol. The zero-order valence-electron chi connectivity index (χ0n) is 16.5. The second-order valence-corrected chi connectivity index (χ2v) is 8.61. The molecule has 7 nitrogen and oxygen atoms in total. The molecule has 3 rings (SSSR count). The van der Waals surface area contributed by atoms with Crippen molar-refractivity contribution in [2.24, 2.45) is 0 Å². The van der Waals surface area contributed by atoms with Gasteiger partial charge >= 0.3 is 5.97 Å². The first-order chi connectivity index (χ1) is 14.0. The van der Waals surface area contributed by atoms with Gasteiger partial charge in [-0.2, -0.15) is 4.31 Å². The van der Waals surface area contributed by atoms with E-state index >= 15 is 0 Å². The molecule has 0 bridgehead atoms. The number of esters is 1. The number of methoxy groups -OCH3 is 1. The van der Waals surface area contributed by atoms with Crippen LogP contribution in [-0.2, 0) is 21.3 Å². The molecule has 0 spiro atoms. The van der Waals surface area contributed by atoms with E-state index in [1.54, 1.807) is 18.2 Å². The third-order valence-corrected chi connectivity index (χ3v) is 6.47. The average Bonchev–Trinajstić information content (AvgIpc) is 3.21. The Labute approximate surface area is 170 Å². The van der Waals surface area contributed by atoms with Gasteiger partial charge in [0.15, 0.2) is 5.69 Å². The summed E-state index contributed by atoms with van der Waals surface area (Å²) in [6.45, 7) is 2.33. The molecule has 0 aliphatic carbocycles. The molecule has 0 unspecified atom stereocenters. The highest BCUT2D eigenvalue weighted by atomic mass is 32.2. The molecule has 0 fully saturated rings. The van der Waals surface area contributed by atoms with Gasteiger partial charge in [-0.3, -0.25) is 0 Å². The highest BCUT2D eigenvalue weighted by Gasteiger charge is 2.27. The fourth-order valence-corrected chi connectivity index (χ4v) is 4.50. The molecule has 154 valence electrons. The van der Waals surface area contributed by atoms with Crippen LogP contribution in [0.3, 0.4) is 0 Å². The molecule has 8 heteroatoms. The van der Waals surface area contributed by atoms with Crippen molar-refractivity contribution in [2.45, 2.75) is 37.6 Å². The Morgan fingerprint density at radius 1 is 1.14 bits per heavy atom. The van der Waals surface area contributed by atoms with Crippen LogP contribution < -0.4 is 0 Å². The number of fused-ring (bicyclic) bond motifs is 1. The lowest BCUT2D eigenvalue weighted by Crippen LogP contribution is -2.32. The Balaban J connectivity index is 1.91. The number of carbonyl (C=O) groups excluding carboxylic acids is 1. The lowest BCUT2D eigenvalue weighted by Gasteiger charge is -2.21. The van der Waals surface area contributed by atoms with Gasteiger partial charge in [-0.25, -0.2) is 18.2 Å². The van der Waals surface area contributed by atoms with Crippen molar-refractivity contribution in [3.63, 3.8) is 0 Å². The normalized spacial score (nSPS) is 11.8. The van der Waals surface area contributed by atoms with Crippen molar-refractivity contribution < 1.29 is 22.4 Å². The monoisotopic (exact) mass is 416 g/mol. The molecule has 0 saturated heterocycles. The lowest BCUT2D eigenvalue weighted by molar-refractivity contribution is 0.0594. The van der Waals surface area contributed by atoms with Gasteiger partial charge in [-0.15, -0.1) is 0 Å². The number of aromatic nitrogens is 1. The Bertz CT molecular complexity index is 1090. The maximum absolute atomic E-state index is 13.3. The van der Waals surface area contributed by atoms with Crippen molar-refractivity contribution in [1.29, 1.82) is 0 Å². The van der Waals surface area contributed by atoms with Gasteiger partial charge in [-0.1, -0.05) is 50.1 Å². The second-order valence-electron chi connectivity index (χ2n) is 6.67. The molecule has 29 heavy (non-hydrogen) atoms. The van der Waals surface area contributed by atoms with Crippen LogP contribution in [0.5, 0.6) is 0 Å².